The van der Waals surface area contributed by atoms with E-state index in [1.165, 1.54) is 5.57 Å². The van der Waals surface area contributed by atoms with Crippen LogP contribution in [0.1, 0.15) is 45.1 Å². The monoisotopic (exact) mass is 467 g/mol. The first-order chi connectivity index (χ1) is 16.2. The van der Waals surface area contributed by atoms with Gasteiger partial charge in [-0.1, -0.05) is 36.3 Å². The SMILES string of the molecule is CC/C(=C\c1ccc(O)cc1)CC[C@H]1OB(O)C[C@H]2C1=C(C)C[C@H]1C(=O)N(C(=O)OC)C(=O)[C@H]12. The van der Waals surface area contributed by atoms with Gasteiger partial charge in [0.05, 0.1) is 25.0 Å². The number of phenols is 1. The molecule has 0 spiro atoms. The maximum atomic E-state index is 13.1. The molecule has 4 atom stereocenters. The van der Waals surface area contributed by atoms with Gasteiger partial charge in [0, 0.05) is 0 Å². The molecule has 4 rings (SSSR count). The van der Waals surface area contributed by atoms with E-state index in [-0.39, 0.29) is 24.1 Å². The Morgan fingerprint density at radius 2 is 1.94 bits per heavy atom. The Morgan fingerprint density at radius 1 is 1.24 bits per heavy atom. The van der Waals surface area contributed by atoms with Crippen molar-refractivity contribution in [1.29, 1.82) is 0 Å². The van der Waals surface area contributed by atoms with Crippen molar-refractivity contribution in [2.75, 3.05) is 7.11 Å². The number of benzene rings is 1. The zero-order chi connectivity index (χ0) is 24.6. The number of carbonyl (C=O) groups is 3. The van der Waals surface area contributed by atoms with Gasteiger partial charge in [0.2, 0.25) is 11.8 Å². The summed E-state index contributed by atoms with van der Waals surface area (Å²) in [6.45, 7) is 4.02. The lowest BCUT2D eigenvalue weighted by Crippen LogP contribution is -2.46. The van der Waals surface area contributed by atoms with Crippen LogP contribution in [0.3, 0.4) is 0 Å². The van der Waals surface area contributed by atoms with Gasteiger partial charge < -0.3 is 19.5 Å². The molecule has 2 fully saturated rings. The van der Waals surface area contributed by atoms with Crippen LogP contribution >= 0.6 is 0 Å². The normalized spacial score (nSPS) is 27.1. The minimum Gasteiger partial charge on any atom is -0.508 e. The minimum atomic E-state index is -1.05. The van der Waals surface area contributed by atoms with Crippen LogP contribution in [0.5, 0.6) is 5.75 Å². The lowest BCUT2D eigenvalue weighted by Gasteiger charge is -2.42. The summed E-state index contributed by atoms with van der Waals surface area (Å²) in [6, 6.07) is 7.00. The first-order valence-electron chi connectivity index (χ1n) is 11.7. The highest BCUT2D eigenvalue weighted by atomic mass is 16.5. The largest absolute Gasteiger partial charge is 0.508 e. The van der Waals surface area contributed by atoms with E-state index in [1.54, 1.807) is 12.1 Å². The van der Waals surface area contributed by atoms with E-state index in [4.69, 9.17) is 4.65 Å². The number of methoxy groups -OCH3 is 1. The van der Waals surface area contributed by atoms with Crippen molar-refractivity contribution in [1.82, 2.24) is 4.90 Å². The van der Waals surface area contributed by atoms with Gasteiger partial charge in [0.25, 0.3) is 0 Å². The van der Waals surface area contributed by atoms with Gasteiger partial charge in [-0.25, -0.2) is 4.79 Å². The molecule has 34 heavy (non-hydrogen) atoms. The summed E-state index contributed by atoms with van der Waals surface area (Å²) in [5.74, 6) is -2.52. The quantitative estimate of drug-likeness (QED) is 0.387. The molecule has 1 aromatic carbocycles. The molecule has 2 heterocycles. The molecule has 0 unspecified atom stereocenters. The molecule has 0 aromatic heterocycles. The highest BCUT2D eigenvalue weighted by Crippen LogP contribution is 2.50. The molecular weight excluding hydrogens is 437 g/mol. The average Bonchev–Trinajstić information content (AvgIpc) is 3.06. The minimum absolute atomic E-state index is 0.211. The molecule has 2 N–H and O–H groups in total. The Balaban J connectivity index is 1.56. The Morgan fingerprint density at radius 3 is 2.59 bits per heavy atom. The Kier molecular flexibility index (Phi) is 6.95. The van der Waals surface area contributed by atoms with Gasteiger partial charge in [-0.05, 0) is 68.1 Å². The summed E-state index contributed by atoms with van der Waals surface area (Å²) in [4.78, 5) is 38.6. The van der Waals surface area contributed by atoms with E-state index in [2.05, 4.69) is 17.7 Å². The van der Waals surface area contributed by atoms with E-state index < -0.39 is 36.9 Å². The molecule has 8 nitrogen and oxygen atoms in total. The highest BCUT2D eigenvalue weighted by Gasteiger charge is 2.58. The van der Waals surface area contributed by atoms with Crippen molar-refractivity contribution in [3.8, 4) is 5.75 Å². The van der Waals surface area contributed by atoms with E-state index in [0.717, 1.165) is 36.7 Å². The molecule has 1 aliphatic carbocycles. The van der Waals surface area contributed by atoms with Crippen molar-refractivity contribution < 1.29 is 33.9 Å². The zero-order valence-corrected chi connectivity index (χ0v) is 19.7. The zero-order valence-electron chi connectivity index (χ0n) is 19.7. The van der Waals surface area contributed by atoms with Crippen molar-refractivity contribution in [2.24, 2.45) is 17.8 Å². The maximum Gasteiger partial charge on any atom is 0.455 e. The fraction of sp³-hybridized carbons (Fsp3) is 0.480. The second-order valence-corrected chi connectivity index (χ2v) is 9.26. The number of rotatable bonds is 5. The summed E-state index contributed by atoms with van der Waals surface area (Å²) in [5.41, 5.74) is 4.14. The summed E-state index contributed by atoms with van der Waals surface area (Å²) in [7, 11) is 0.0944. The van der Waals surface area contributed by atoms with Gasteiger partial charge in [-0.2, -0.15) is 4.90 Å². The van der Waals surface area contributed by atoms with Crippen molar-refractivity contribution in [3.63, 3.8) is 0 Å². The van der Waals surface area contributed by atoms with Gasteiger partial charge in [0.1, 0.15) is 5.75 Å². The van der Waals surface area contributed by atoms with Crippen molar-refractivity contribution in [3.05, 3.63) is 46.5 Å². The number of imide groups is 3. The number of likely N-dealkylation sites (tertiary alicyclic amines) is 1. The fourth-order valence-electron chi connectivity index (χ4n) is 5.67. The van der Waals surface area contributed by atoms with Crippen LogP contribution in [-0.2, 0) is 19.0 Å². The number of amides is 3. The predicted octanol–water partition coefficient (Wildman–Crippen LogP) is 3.55. The molecule has 9 heteroatoms. The van der Waals surface area contributed by atoms with Crippen molar-refractivity contribution >= 4 is 31.1 Å². The Hall–Kier alpha value is -2.91. The van der Waals surface area contributed by atoms with Crippen LogP contribution in [0.4, 0.5) is 4.79 Å². The number of ether oxygens (including phenoxy) is 1. The number of hydrogen-bond acceptors (Lipinski definition) is 7. The highest BCUT2D eigenvalue weighted by molar-refractivity contribution is 6.43. The number of allylic oxidation sites excluding steroid dienone is 2. The summed E-state index contributed by atoms with van der Waals surface area (Å²) < 4.78 is 10.6. The molecule has 2 aliphatic heterocycles. The standard InChI is InChI=1S/C25H30BNO7/c1-4-15(12-16-5-8-17(28)9-6-16)7-10-20-21-14(2)11-18-22(19(21)13-26(32)34-20)24(30)27(23(18)29)25(31)33-3/h5-6,8-9,12,18-20,22,28,32H,4,7,10-11,13H2,1-3H3/b15-12+/t18-,19+,20-,22-/m1/s1. The number of hydrogen-bond donors (Lipinski definition) is 2. The van der Waals surface area contributed by atoms with E-state index in [0.29, 0.717) is 17.7 Å². The van der Waals surface area contributed by atoms with E-state index in [9.17, 15) is 24.5 Å². The van der Waals surface area contributed by atoms with Gasteiger partial charge in [0.15, 0.2) is 0 Å². The third-order valence-electron chi connectivity index (χ3n) is 7.26. The lowest BCUT2D eigenvalue weighted by molar-refractivity contribution is -0.137. The number of fused-ring (bicyclic) bond motifs is 3. The molecular formula is C25H30BNO7. The summed E-state index contributed by atoms with van der Waals surface area (Å²) >= 11 is 0. The van der Waals surface area contributed by atoms with Crippen LogP contribution in [0.2, 0.25) is 6.32 Å². The molecule has 1 aromatic rings. The maximum absolute atomic E-state index is 13.1. The number of phenolic OH excluding ortho intramolecular Hbond substituents is 1. The second kappa shape index (κ2) is 9.76. The third kappa shape index (κ3) is 4.42. The molecule has 180 valence electrons. The summed E-state index contributed by atoms with van der Waals surface area (Å²) in [5, 5.41) is 20.0. The molecule has 2 saturated heterocycles. The first-order valence-corrected chi connectivity index (χ1v) is 11.7. The van der Waals surface area contributed by atoms with Crippen LogP contribution < -0.4 is 0 Å². The number of nitrogens with zero attached hydrogens (tertiary/aromatic N) is 1. The van der Waals surface area contributed by atoms with E-state index in [1.807, 2.05) is 19.1 Å². The second-order valence-electron chi connectivity index (χ2n) is 9.26. The lowest BCUT2D eigenvalue weighted by atomic mass is 9.59. The predicted molar refractivity (Wildman–Crippen MR) is 125 cm³/mol. The van der Waals surface area contributed by atoms with E-state index >= 15 is 0 Å². The molecule has 0 saturated carbocycles. The Labute approximate surface area is 199 Å². The molecule has 0 radical (unpaired) electrons. The first kappa shape index (κ1) is 24.2. The molecule has 3 amide bonds. The molecule has 3 aliphatic rings. The number of aromatic hydroxyl groups is 1. The van der Waals surface area contributed by atoms with Crippen molar-refractivity contribution in [2.45, 2.75) is 52.0 Å². The van der Waals surface area contributed by atoms with Gasteiger partial charge in [-0.3, -0.25) is 9.59 Å². The molecule has 0 bridgehead atoms. The van der Waals surface area contributed by atoms with Gasteiger partial charge in [-0.15, -0.1) is 0 Å². The third-order valence-corrected chi connectivity index (χ3v) is 7.26. The fourth-order valence-corrected chi connectivity index (χ4v) is 5.67. The van der Waals surface area contributed by atoms with Gasteiger partial charge >= 0.3 is 13.2 Å². The topological polar surface area (TPSA) is 113 Å². The Bertz CT molecular complexity index is 1050. The van der Waals surface area contributed by atoms with Crippen LogP contribution in [0.25, 0.3) is 6.08 Å². The number of carbonyl (C=O) groups excluding carboxylic acids is 3. The average molecular weight is 467 g/mol. The van der Waals surface area contributed by atoms with Crippen LogP contribution in [-0.4, -0.2) is 53.3 Å². The van der Waals surface area contributed by atoms with Crippen LogP contribution in [0.15, 0.2) is 41.0 Å². The smallest absolute Gasteiger partial charge is 0.455 e. The summed E-state index contributed by atoms with van der Waals surface area (Å²) in [6.07, 6.45) is 3.53. The van der Waals surface area contributed by atoms with Crippen LogP contribution in [0, 0.1) is 17.8 Å².